The number of amides is 5. The summed E-state index contributed by atoms with van der Waals surface area (Å²) in [5.41, 5.74) is -3.48. The number of nitrogens with one attached hydrogen (secondary N) is 5. The molecule has 6 rings (SSSR count). The lowest BCUT2D eigenvalue weighted by Crippen LogP contribution is -2.71. The summed E-state index contributed by atoms with van der Waals surface area (Å²) in [5.74, 6) is -1.65. The Morgan fingerprint density at radius 2 is 1.35 bits per heavy atom. The first kappa shape index (κ1) is 62.3. The first-order valence-electron chi connectivity index (χ1n) is 26.1. The molecule has 0 radical (unpaired) electrons. The molecule has 2 aliphatic heterocycles. The van der Waals surface area contributed by atoms with Crippen LogP contribution in [0, 0.1) is 32.1 Å². The Morgan fingerprint density at radius 1 is 0.800 bits per heavy atom. The van der Waals surface area contributed by atoms with Crippen molar-refractivity contribution in [2.24, 2.45) is 11.8 Å². The molecular formula is C52H74N8O20. The summed E-state index contributed by atoms with van der Waals surface area (Å²) in [7, 11) is 1.28. The molecule has 0 spiro atoms. The van der Waals surface area contributed by atoms with E-state index >= 15 is 0 Å². The first-order chi connectivity index (χ1) is 37.5. The molecule has 1 saturated heterocycles. The van der Waals surface area contributed by atoms with Crippen LogP contribution in [0.15, 0.2) is 60.4 Å². The smallest absolute Gasteiger partial charge is 0.410 e. The van der Waals surface area contributed by atoms with Gasteiger partial charge in [0.15, 0.2) is 6.29 Å². The zero-order valence-corrected chi connectivity index (χ0v) is 45.9. The highest BCUT2D eigenvalue weighted by atomic mass is 16.7. The fourth-order valence-corrected chi connectivity index (χ4v) is 9.47. The molecule has 9 N–H and O–H groups in total. The monoisotopic (exact) mass is 1130 g/mol. The predicted octanol–water partition coefficient (Wildman–Crippen LogP) is 2.91. The third kappa shape index (κ3) is 17.8. The molecule has 442 valence electrons. The number of nitro benzene ring substituents is 2. The molecule has 2 aromatic carbocycles. The van der Waals surface area contributed by atoms with E-state index in [4.69, 9.17) is 33.2 Å². The Morgan fingerprint density at radius 3 is 1.88 bits per heavy atom. The van der Waals surface area contributed by atoms with E-state index in [1.54, 1.807) is 47.6 Å². The Balaban J connectivity index is 1.37. The van der Waals surface area contributed by atoms with Crippen molar-refractivity contribution in [3.05, 3.63) is 91.7 Å². The van der Waals surface area contributed by atoms with Crippen molar-refractivity contribution in [1.29, 1.82) is 0 Å². The van der Waals surface area contributed by atoms with Crippen molar-refractivity contribution in [2.75, 3.05) is 33.3 Å². The lowest BCUT2D eigenvalue weighted by molar-refractivity contribution is -0.385. The predicted molar refractivity (Wildman–Crippen MR) is 279 cm³/mol. The first-order valence-corrected chi connectivity index (χ1v) is 26.1. The van der Waals surface area contributed by atoms with E-state index in [0.717, 1.165) is 17.7 Å². The molecule has 2 heterocycles. The van der Waals surface area contributed by atoms with Gasteiger partial charge < -0.3 is 85.1 Å². The van der Waals surface area contributed by atoms with Gasteiger partial charge in [0.1, 0.15) is 60.2 Å². The van der Waals surface area contributed by atoms with Crippen molar-refractivity contribution in [3.8, 4) is 0 Å². The van der Waals surface area contributed by atoms with Gasteiger partial charge in [-0.2, -0.15) is 0 Å². The molecule has 0 bridgehead atoms. The number of hydrogen-bond donors (Lipinski definition) is 9. The number of nitrogens with zero attached hydrogens (tertiary/aromatic N) is 3. The van der Waals surface area contributed by atoms with Gasteiger partial charge in [-0.15, -0.1) is 0 Å². The minimum absolute atomic E-state index is 0.0546. The minimum atomic E-state index is -1.96. The molecule has 0 aromatic heterocycles. The van der Waals surface area contributed by atoms with E-state index in [1.807, 2.05) is 0 Å². The Labute approximate surface area is 461 Å². The summed E-state index contributed by atoms with van der Waals surface area (Å²) in [6.45, 7) is 9.92. The molecule has 28 nitrogen and oxygen atoms in total. The van der Waals surface area contributed by atoms with Crippen LogP contribution in [0.3, 0.4) is 0 Å². The average Bonchev–Trinajstić information content (AvgIpc) is 4.32. The second kappa shape index (κ2) is 26.5. The van der Waals surface area contributed by atoms with Crippen LogP contribution in [-0.2, 0) is 51.2 Å². The van der Waals surface area contributed by atoms with Gasteiger partial charge in [-0.3, -0.25) is 25.0 Å². The average molecular weight is 1130 g/mol. The van der Waals surface area contributed by atoms with Crippen LogP contribution >= 0.6 is 0 Å². The molecule has 12 atom stereocenters. The van der Waals surface area contributed by atoms with Gasteiger partial charge in [-0.05, 0) is 128 Å². The van der Waals surface area contributed by atoms with E-state index in [2.05, 4.69) is 26.6 Å². The summed E-state index contributed by atoms with van der Waals surface area (Å²) in [6, 6.07) is 5.18. The van der Waals surface area contributed by atoms with Crippen LogP contribution < -0.4 is 26.6 Å². The number of carbonyl (C=O) groups excluding carboxylic acids is 5. The molecule has 2 aromatic rings. The zero-order valence-electron chi connectivity index (χ0n) is 45.9. The number of non-ortho nitro benzene ring substituents is 2. The maximum atomic E-state index is 14.0. The third-order valence-electron chi connectivity index (χ3n) is 13.5. The summed E-state index contributed by atoms with van der Waals surface area (Å²) >= 11 is 0. The highest BCUT2D eigenvalue weighted by Crippen LogP contribution is 2.39. The number of alkyl carbamates (subject to hydrolysis) is 3. The third-order valence-corrected chi connectivity index (χ3v) is 13.5. The maximum absolute atomic E-state index is 14.0. The van der Waals surface area contributed by atoms with Gasteiger partial charge in [-0.1, -0.05) is 0 Å². The SMILES string of the molecule is CN(C(=O)OC(C)(C)C)[C@@H]1[C@@H](O)[C@@H](O[C@@H]2[C@@H](O)[C@H](C3OC(CNCC4CC4)=CC[C@H]3NC(=O)OCc3ccc([N+](=O)[O-])cc3)[C@@H](NC(=O)OCc3ccc([N+](=O)[O-])cc3)C[C@H]2NC(=O)[C@H](O)CNC(=O)OC(C)(C)C)OC[C@]1(C)O. The van der Waals surface area contributed by atoms with Gasteiger partial charge in [0.25, 0.3) is 17.3 Å². The number of ether oxygens (including phenoxy) is 7. The Hall–Kier alpha value is -6.95. The fourth-order valence-electron chi connectivity index (χ4n) is 9.47. The number of carbonyl (C=O) groups is 5. The standard InChI is InChI=1S/C52H74N8O20/c1-50(2,3)79-46(65)54-24-37(61)44(64)55-36-21-35(57-48(67)75-26-30-13-17-32(18-14-30)60(72)73)38(39(62)42(36)78-45-40(63)43(52(7,69)27-76-45)58(8)49(68)80-51(4,5)6)41-34(20-19-33(77-41)23-53-22-28-9-10-28)56-47(66)74-25-29-11-15-31(16-12-29)59(70)71/h11-19,28,34-43,45,53,61-63,69H,9-10,20-27H2,1-8H3,(H,54,65)(H,55,64)(H,56,66)(H,57,67)/t34-,35+,36-,37-,38-,39+,40-,41?,42+,43-,45-,52+/m1/s1. The summed E-state index contributed by atoms with van der Waals surface area (Å²) in [4.78, 5) is 90.1. The molecule has 4 aliphatic rings. The number of likely N-dealkylation sites (N-methyl/N-ethyl adjacent to an activating group) is 1. The molecule has 80 heavy (non-hydrogen) atoms. The van der Waals surface area contributed by atoms with Crippen molar-refractivity contribution in [2.45, 2.75) is 165 Å². The van der Waals surface area contributed by atoms with E-state index in [-0.39, 0.29) is 30.9 Å². The highest BCUT2D eigenvalue weighted by Gasteiger charge is 2.56. The maximum Gasteiger partial charge on any atom is 0.410 e. The topological polar surface area (TPSA) is 381 Å². The number of benzene rings is 2. The van der Waals surface area contributed by atoms with E-state index in [0.29, 0.717) is 29.3 Å². The number of aliphatic hydroxyl groups excluding tert-OH is 3. The second-order valence-electron chi connectivity index (χ2n) is 22.5. The van der Waals surface area contributed by atoms with Crippen molar-refractivity contribution >= 4 is 41.7 Å². The van der Waals surface area contributed by atoms with Gasteiger partial charge in [0, 0.05) is 43.3 Å². The number of rotatable bonds is 20. The van der Waals surface area contributed by atoms with Gasteiger partial charge in [0.2, 0.25) is 0 Å². The number of nitro groups is 2. The van der Waals surface area contributed by atoms with Crippen LogP contribution in [0.4, 0.5) is 30.6 Å². The summed E-state index contributed by atoms with van der Waals surface area (Å²) in [6.07, 6.45) is -11.1. The number of aliphatic hydroxyl groups is 4. The van der Waals surface area contributed by atoms with Gasteiger partial charge in [0.05, 0.1) is 53.8 Å². The van der Waals surface area contributed by atoms with Crippen molar-refractivity contribution in [1.82, 2.24) is 31.5 Å². The van der Waals surface area contributed by atoms with E-state index in [1.165, 1.54) is 62.5 Å². The van der Waals surface area contributed by atoms with Crippen LogP contribution in [0.25, 0.3) is 0 Å². The molecule has 2 aliphatic carbocycles. The van der Waals surface area contributed by atoms with Gasteiger partial charge >= 0.3 is 24.4 Å². The lowest BCUT2D eigenvalue weighted by Gasteiger charge is -2.52. The highest BCUT2D eigenvalue weighted by molar-refractivity contribution is 5.82. The summed E-state index contributed by atoms with van der Waals surface area (Å²) < 4.78 is 41.0. The second-order valence-corrected chi connectivity index (χ2v) is 22.5. The molecular weight excluding hydrogens is 1060 g/mol. The quantitative estimate of drug-likeness (QED) is 0.0523. The largest absolute Gasteiger partial charge is 0.491 e. The Bertz CT molecular complexity index is 2530. The zero-order chi connectivity index (χ0) is 58.9. The van der Waals surface area contributed by atoms with Crippen molar-refractivity contribution < 1.29 is 87.4 Å². The van der Waals surface area contributed by atoms with E-state index < -0.39 is 150 Å². The van der Waals surface area contributed by atoms with Crippen LogP contribution in [-0.4, -0.2) is 177 Å². The van der Waals surface area contributed by atoms with Crippen LogP contribution in [0.1, 0.15) is 85.3 Å². The lowest BCUT2D eigenvalue weighted by atomic mass is 9.72. The Kier molecular flexibility index (Phi) is 20.7. The number of hydrogen-bond acceptors (Lipinski definition) is 21. The molecule has 1 unspecified atom stereocenters. The molecule has 28 heteroatoms. The van der Waals surface area contributed by atoms with E-state index in [9.17, 15) is 64.6 Å². The normalized spacial score (nSPS) is 27.1. The van der Waals surface area contributed by atoms with Crippen LogP contribution in [0.5, 0.6) is 0 Å². The minimum Gasteiger partial charge on any atom is -0.491 e. The van der Waals surface area contributed by atoms with Crippen LogP contribution in [0.2, 0.25) is 0 Å². The summed E-state index contributed by atoms with van der Waals surface area (Å²) in [5, 5.41) is 84.2. The molecule has 3 fully saturated rings. The fraction of sp³-hybridized carbons (Fsp3) is 0.635. The van der Waals surface area contributed by atoms with Gasteiger partial charge in [-0.25, -0.2) is 19.2 Å². The molecule has 2 saturated carbocycles. The van der Waals surface area contributed by atoms with Crippen molar-refractivity contribution in [3.63, 3.8) is 0 Å². The molecule has 5 amide bonds.